The number of hydrogen-bond acceptors (Lipinski definition) is 8. The van der Waals surface area contributed by atoms with E-state index in [0.29, 0.717) is 24.4 Å². The molecule has 8 nitrogen and oxygen atoms in total. The van der Waals surface area contributed by atoms with Gasteiger partial charge in [-0.25, -0.2) is 17.8 Å². The molecule has 0 unspecified atom stereocenters. The molecule has 0 bridgehead atoms. The maximum Gasteiger partial charge on any atom is 0.266 e. The standard InChI is InChI=1S/C18H24ClF2N5O3S2/c19-13-6-16(31(28,29)26-18-25-10-17(21)30-18)14(20)7-15(13)23-4-2-1-3-22-8-11-5-12(27)9-24-11/h6-7,10-12,22-24,27H,1-5,8-9H2,(H,25,26)/t11-,12+/m1/s1. The first-order valence-corrected chi connectivity index (χ1v) is 12.4. The number of unbranched alkanes of at least 4 members (excludes halogenated alkanes) is 1. The normalized spacial score (nSPS) is 19.0. The minimum atomic E-state index is -4.30. The molecule has 172 valence electrons. The summed E-state index contributed by atoms with van der Waals surface area (Å²) in [6, 6.07) is 2.32. The van der Waals surface area contributed by atoms with Crippen LogP contribution >= 0.6 is 22.9 Å². The molecule has 2 aromatic rings. The maximum atomic E-state index is 14.4. The fraction of sp³-hybridized carbons (Fsp3) is 0.500. The Morgan fingerprint density at radius 1 is 1.29 bits per heavy atom. The van der Waals surface area contributed by atoms with Crippen molar-refractivity contribution in [2.45, 2.75) is 36.3 Å². The number of rotatable bonds is 11. The van der Waals surface area contributed by atoms with E-state index in [1.807, 2.05) is 4.72 Å². The van der Waals surface area contributed by atoms with Gasteiger partial charge >= 0.3 is 0 Å². The molecule has 1 saturated heterocycles. The van der Waals surface area contributed by atoms with Crippen molar-refractivity contribution in [2.75, 3.05) is 36.2 Å². The molecule has 0 amide bonds. The van der Waals surface area contributed by atoms with Gasteiger partial charge in [0, 0.05) is 25.7 Å². The smallest absolute Gasteiger partial charge is 0.266 e. The Balaban J connectivity index is 1.45. The lowest BCUT2D eigenvalue weighted by Gasteiger charge is -2.13. The molecule has 0 saturated carbocycles. The number of benzene rings is 1. The van der Waals surface area contributed by atoms with Crippen LogP contribution in [0.25, 0.3) is 0 Å². The molecule has 1 aromatic heterocycles. The van der Waals surface area contributed by atoms with Crippen LogP contribution < -0.4 is 20.7 Å². The Labute approximate surface area is 188 Å². The third kappa shape index (κ3) is 6.96. The summed E-state index contributed by atoms with van der Waals surface area (Å²) in [6.45, 7) is 2.76. The molecule has 0 spiro atoms. The number of thiazole rings is 1. The Hall–Kier alpha value is -1.57. The topological polar surface area (TPSA) is 115 Å². The molecule has 5 N–H and O–H groups in total. The van der Waals surface area contributed by atoms with Crippen LogP contribution in [0.5, 0.6) is 0 Å². The van der Waals surface area contributed by atoms with Crippen molar-refractivity contribution in [3.8, 4) is 0 Å². The number of β-amino-alcohol motifs (C(OH)–C–C–N with tert-alkyl or cyclic N) is 1. The molecule has 1 fully saturated rings. The first-order chi connectivity index (χ1) is 14.7. The van der Waals surface area contributed by atoms with Crippen LogP contribution in [0.1, 0.15) is 19.3 Å². The molecule has 1 aliphatic rings. The summed E-state index contributed by atoms with van der Waals surface area (Å²) in [6.07, 6.45) is 3.02. The highest BCUT2D eigenvalue weighted by Gasteiger charge is 2.23. The number of aliphatic hydroxyl groups is 1. The first kappa shape index (κ1) is 24.1. The van der Waals surface area contributed by atoms with Gasteiger partial charge in [-0.3, -0.25) is 4.72 Å². The third-order valence-electron chi connectivity index (χ3n) is 4.70. The average molecular weight is 496 g/mol. The number of anilines is 2. The predicted octanol–water partition coefficient (Wildman–Crippen LogP) is 2.38. The number of hydrogen-bond donors (Lipinski definition) is 5. The lowest BCUT2D eigenvalue weighted by Crippen LogP contribution is -2.34. The van der Waals surface area contributed by atoms with Crippen LogP contribution in [-0.4, -0.2) is 56.8 Å². The number of nitrogens with one attached hydrogen (secondary N) is 4. The third-order valence-corrected chi connectivity index (χ3v) is 7.19. The van der Waals surface area contributed by atoms with E-state index in [4.69, 9.17) is 11.6 Å². The van der Waals surface area contributed by atoms with Gasteiger partial charge in [-0.1, -0.05) is 22.9 Å². The second kappa shape index (κ2) is 10.8. The molecule has 0 radical (unpaired) electrons. The van der Waals surface area contributed by atoms with Crippen LogP contribution in [0.4, 0.5) is 19.6 Å². The fourth-order valence-corrected chi connectivity index (χ4v) is 5.34. The number of nitrogens with zero attached hydrogens (tertiary/aromatic N) is 1. The van der Waals surface area contributed by atoms with E-state index in [1.165, 1.54) is 0 Å². The van der Waals surface area contributed by atoms with E-state index in [1.54, 1.807) is 0 Å². The van der Waals surface area contributed by atoms with Gasteiger partial charge in [0.05, 0.1) is 23.0 Å². The molecular weight excluding hydrogens is 472 g/mol. The zero-order chi connectivity index (χ0) is 22.4. The number of halogens is 3. The van der Waals surface area contributed by atoms with E-state index in [0.717, 1.165) is 50.7 Å². The molecule has 3 rings (SSSR count). The van der Waals surface area contributed by atoms with Crippen molar-refractivity contribution in [3.05, 3.63) is 34.3 Å². The molecule has 13 heteroatoms. The van der Waals surface area contributed by atoms with Crippen molar-refractivity contribution in [1.82, 2.24) is 15.6 Å². The molecule has 2 heterocycles. The Kier molecular flexibility index (Phi) is 8.42. The highest BCUT2D eigenvalue weighted by molar-refractivity contribution is 7.93. The molecular formula is C18H24ClF2N5O3S2. The molecule has 1 aromatic carbocycles. The quantitative estimate of drug-likeness (QED) is 0.304. The summed E-state index contributed by atoms with van der Waals surface area (Å²) in [5.41, 5.74) is 0.288. The second-order valence-electron chi connectivity index (χ2n) is 7.17. The molecule has 2 atom stereocenters. The number of aliphatic hydroxyl groups excluding tert-OH is 1. The van der Waals surface area contributed by atoms with Gasteiger partial charge in [-0.05, 0) is 37.9 Å². The summed E-state index contributed by atoms with van der Waals surface area (Å²) in [5.74, 6) is -0.982. The van der Waals surface area contributed by atoms with Gasteiger partial charge < -0.3 is 21.1 Å². The van der Waals surface area contributed by atoms with Crippen molar-refractivity contribution in [3.63, 3.8) is 0 Å². The fourth-order valence-electron chi connectivity index (χ4n) is 3.17. The van der Waals surface area contributed by atoms with Gasteiger partial charge in [0.1, 0.15) is 10.7 Å². The van der Waals surface area contributed by atoms with E-state index in [-0.39, 0.29) is 28.0 Å². The van der Waals surface area contributed by atoms with Crippen molar-refractivity contribution in [1.29, 1.82) is 0 Å². The number of aromatic nitrogens is 1. The molecule has 0 aliphatic carbocycles. The summed E-state index contributed by atoms with van der Waals surface area (Å²) in [7, 11) is -4.30. The van der Waals surface area contributed by atoms with E-state index >= 15 is 0 Å². The largest absolute Gasteiger partial charge is 0.392 e. The zero-order valence-electron chi connectivity index (χ0n) is 16.5. The van der Waals surface area contributed by atoms with Crippen molar-refractivity contribution < 1.29 is 22.3 Å². The average Bonchev–Trinajstić information content (AvgIpc) is 3.30. The van der Waals surface area contributed by atoms with Gasteiger partial charge in [0.25, 0.3) is 10.0 Å². The Morgan fingerprint density at radius 2 is 2.06 bits per heavy atom. The monoisotopic (exact) mass is 495 g/mol. The van der Waals surface area contributed by atoms with Gasteiger partial charge in [0.15, 0.2) is 10.3 Å². The number of sulfonamides is 1. The van der Waals surface area contributed by atoms with Crippen LogP contribution in [0.15, 0.2) is 23.2 Å². The van der Waals surface area contributed by atoms with E-state index < -0.39 is 25.9 Å². The molecule has 1 aliphatic heterocycles. The maximum absolute atomic E-state index is 14.4. The Morgan fingerprint density at radius 3 is 2.74 bits per heavy atom. The highest BCUT2D eigenvalue weighted by Crippen LogP contribution is 2.30. The summed E-state index contributed by atoms with van der Waals surface area (Å²) >= 11 is 6.62. The summed E-state index contributed by atoms with van der Waals surface area (Å²) in [4.78, 5) is 2.91. The lowest BCUT2D eigenvalue weighted by atomic mass is 10.2. The van der Waals surface area contributed by atoms with Crippen molar-refractivity contribution >= 4 is 43.8 Å². The molecule has 31 heavy (non-hydrogen) atoms. The lowest BCUT2D eigenvalue weighted by molar-refractivity contribution is 0.193. The van der Waals surface area contributed by atoms with Gasteiger partial charge in [-0.2, -0.15) is 4.39 Å². The second-order valence-corrected chi connectivity index (χ2v) is 10.2. The minimum Gasteiger partial charge on any atom is -0.392 e. The predicted molar refractivity (Wildman–Crippen MR) is 117 cm³/mol. The SMILES string of the molecule is O=S(=O)(Nc1ncc(F)s1)c1cc(Cl)c(NCCCCNC[C@H]2C[C@H](O)CN2)cc1F. The van der Waals surface area contributed by atoms with Gasteiger partial charge in [-0.15, -0.1) is 0 Å². The zero-order valence-corrected chi connectivity index (χ0v) is 18.9. The van der Waals surface area contributed by atoms with Crippen molar-refractivity contribution in [2.24, 2.45) is 0 Å². The van der Waals surface area contributed by atoms with Gasteiger partial charge in [0.2, 0.25) is 0 Å². The van der Waals surface area contributed by atoms with Crippen LogP contribution in [0.2, 0.25) is 5.02 Å². The highest BCUT2D eigenvalue weighted by atomic mass is 35.5. The summed E-state index contributed by atoms with van der Waals surface area (Å²) < 4.78 is 54.2. The van der Waals surface area contributed by atoms with Crippen LogP contribution in [0.3, 0.4) is 0 Å². The van der Waals surface area contributed by atoms with Crippen LogP contribution in [-0.2, 0) is 10.0 Å². The van der Waals surface area contributed by atoms with E-state index in [9.17, 15) is 22.3 Å². The first-order valence-electron chi connectivity index (χ1n) is 9.74. The van der Waals surface area contributed by atoms with Crippen LogP contribution in [0, 0.1) is 10.9 Å². The summed E-state index contributed by atoms with van der Waals surface area (Å²) in [5, 5.41) is 18.2. The Bertz CT molecular complexity index is 993. The van der Waals surface area contributed by atoms with E-state index in [2.05, 4.69) is 20.9 Å². The minimum absolute atomic E-state index is 0.0519.